The second-order valence-corrected chi connectivity index (χ2v) is 3.84. The molecule has 1 nitrogen and oxygen atoms in total. The normalized spacial score (nSPS) is 10.1. The fourth-order valence-electron chi connectivity index (χ4n) is 1.83. The van der Waals surface area contributed by atoms with E-state index in [1.165, 1.54) is 16.8 Å². The molecule has 0 amide bonds. The largest absolute Gasteiger partial charge is 0.381 e. The van der Waals surface area contributed by atoms with Crippen molar-refractivity contribution in [2.75, 3.05) is 5.32 Å². The van der Waals surface area contributed by atoms with Crippen molar-refractivity contribution in [3.8, 4) is 0 Å². The van der Waals surface area contributed by atoms with Gasteiger partial charge >= 0.3 is 0 Å². The lowest BCUT2D eigenvalue weighted by Gasteiger charge is -2.09. The van der Waals surface area contributed by atoms with Crippen LogP contribution in [0.15, 0.2) is 54.6 Å². The molecule has 1 N–H and O–H groups in total. The molecular formula is C15H17N. The number of hydrogen-bond acceptors (Lipinski definition) is 1. The van der Waals surface area contributed by atoms with E-state index in [9.17, 15) is 0 Å². The lowest BCUT2D eigenvalue weighted by atomic mass is 10.1. The number of anilines is 1. The number of hydrogen-bond donors (Lipinski definition) is 1. The molecule has 1 heteroatoms. The first-order valence-electron chi connectivity index (χ1n) is 5.76. The average Bonchev–Trinajstić information content (AvgIpc) is 2.38. The van der Waals surface area contributed by atoms with Crippen LogP contribution in [0.2, 0.25) is 0 Å². The highest BCUT2D eigenvalue weighted by Gasteiger charge is 1.98. The Labute approximate surface area is 97.1 Å². The van der Waals surface area contributed by atoms with Gasteiger partial charge in [0.05, 0.1) is 0 Å². The van der Waals surface area contributed by atoms with Gasteiger partial charge in [-0.25, -0.2) is 0 Å². The molecule has 0 aliphatic carbocycles. The molecular weight excluding hydrogens is 194 g/mol. The highest BCUT2D eigenvalue weighted by atomic mass is 14.9. The van der Waals surface area contributed by atoms with Gasteiger partial charge in [-0.05, 0) is 29.7 Å². The van der Waals surface area contributed by atoms with Crippen LogP contribution in [0.5, 0.6) is 0 Å². The van der Waals surface area contributed by atoms with Crippen LogP contribution in [0, 0.1) is 0 Å². The Morgan fingerprint density at radius 3 is 2.12 bits per heavy atom. The van der Waals surface area contributed by atoms with Gasteiger partial charge in [-0.3, -0.25) is 0 Å². The Kier molecular flexibility index (Phi) is 3.60. The highest BCUT2D eigenvalue weighted by Crippen LogP contribution is 2.12. The minimum atomic E-state index is 0.897. The lowest BCUT2D eigenvalue weighted by molar-refractivity contribution is 1.04. The second kappa shape index (κ2) is 5.36. The molecule has 2 aromatic carbocycles. The van der Waals surface area contributed by atoms with E-state index in [1.54, 1.807) is 0 Å². The first kappa shape index (κ1) is 10.7. The molecule has 0 aromatic heterocycles. The zero-order valence-electron chi connectivity index (χ0n) is 9.61. The van der Waals surface area contributed by atoms with Crippen LogP contribution in [0.1, 0.15) is 18.1 Å². The maximum atomic E-state index is 3.44. The van der Waals surface area contributed by atoms with Crippen LogP contribution in [0.4, 0.5) is 5.69 Å². The smallest absolute Gasteiger partial charge is 0.0403 e. The molecule has 0 bridgehead atoms. The Hall–Kier alpha value is -1.76. The van der Waals surface area contributed by atoms with E-state index < -0.39 is 0 Å². The van der Waals surface area contributed by atoms with Crippen LogP contribution in [0.25, 0.3) is 0 Å². The van der Waals surface area contributed by atoms with Crippen LogP contribution in [-0.4, -0.2) is 0 Å². The molecule has 0 aliphatic heterocycles. The highest BCUT2D eigenvalue weighted by molar-refractivity contribution is 5.43. The summed E-state index contributed by atoms with van der Waals surface area (Å²) in [5, 5.41) is 3.44. The van der Waals surface area contributed by atoms with Crippen molar-refractivity contribution in [2.24, 2.45) is 0 Å². The number of nitrogens with one attached hydrogen (secondary N) is 1. The maximum absolute atomic E-state index is 3.44. The van der Waals surface area contributed by atoms with Crippen LogP contribution in [0.3, 0.4) is 0 Å². The van der Waals surface area contributed by atoms with Gasteiger partial charge in [0.25, 0.3) is 0 Å². The zero-order valence-corrected chi connectivity index (χ0v) is 9.61. The van der Waals surface area contributed by atoms with Crippen molar-refractivity contribution in [1.29, 1.82) is 0 Å². The van der Waals surface area contributed by atoms with Crippen molar-refractivity contribution < 1.29 is 0 Å². The van der Waals surface area contributed by atoms with Crippen molar-refractivity contribution in [2.45, 2.75) is 19.9 Å². The van der Waals surface area contributed by atoms with E-state index in [1.807, 2.05) is 18.2 Å². The Balaban J connectivity index is 2.05. The Bertz CT molecular complexity index is 434. The zero-order chi connectivity index (χ0) is 11.2. The average molecular weight is 211 g/mol. The summed E-state index contributed by atoms with van der Waals surface area (Å²) in [6.45, 7) is 3.09. The molecule has 0 heterocycles. The predicted octanol–water partition coefficient (Wildman–Crippen LogP) is 3.86. The third kappa shape index (κ3) is 2.63. The van der Waals surface area contributed by atoms with Crippen LogP contribution < -0.4 is 5.32 Å². The summed E-state index contributed by atoms with van der Waals surface area (Å²) in [4.78, 5) is 0. The minimum absolute atomic E-state index is 0.897. The standard InChI is InChI=1S/C15H17N/c1-2-13-8-6-7-9-14(13)12-16-15-10-4-3-5-11-15/h3-11,16H,2,12H2,1H3. The fraction of sp³-hybridized carbons (Fsp3) is 0.200. The lowest BCUT2D eigenvalue weighted by Crippen LogP contribution is -2.02. The predicted molar refractivity (Wildman–Crippen MR) is 69.6 cm³/mol. The monoisotopic (exact) mass is 211 g/mol. The van der Waals surface area contributed by atoms with Crippen molar-refractivity contribution in [3.63, 3.8) is 0 Å². The summed E-state index contributed by atoms with van der Waals surface area (Å²) in [6, 6.07) is 18.9. The topological polar surface area (TPSA) is 12.0 Å². The van der Waals surface area contributed by atoms with Gasteiger partial charge in [-0.2, -0.15) is 0 Å². The van der Waals surface area contributed by atoms with E-state index in [0.717, 1.165) is 13.0 Å². The number of rotatable bonds is 4. The summed E-state index contributed by atoms with van der Waals surface area (Å²) >= 11 is 0. The summed E-state index contributed by atoms with van der Waals surface area (Å²) < 4.78 is 0. The molecule has 0 saturated heterocycles. The summed E-state index contributed by atoms with van der Waals surface area (Å²) in [5.41, 5.74) is 3.98. The molecule has 0 unspecified atom stereocenters. The molecule has 82 valence electrons. The molecule has 0 radical (unpaired) electrons. The summed E-state index contributed by atoms with van der Waals surface area (Å²) in [7, 11) is 0. The van der Waals surface area contributed by atoms with E-state index in [-0.39, 0.29) is 0 Å². The molecule has 2 rings (SSSR count). The van der Waals surface area contributed by atoms with Gasteiger partial charge in [-0.15, -0.1) is 0 Å². The van der Waals surface area contributed by atoms with Crippen molar-refractivity contribution in [1.82, 2.24) is 0 Å². The van der Waals surface area contributed by atoms with Crippen LogP contribution >= 0.6 is 0 Å². The van der Waals surface area contributed by atoms with Gasteiger partial charge in [0, 0.05) is 12.2 Å². The summed E-state index contributed by atoms with van der Waals surface area (Å²) in [5.74, 6) is 0. The molecule has 0 spiro atoms. The first-order chi connectivity index (χ1) is 7.90. The van der Waals surface area contributed by atoms with E-state index >= 15 is 0 Å². The van der Waals surface area contributed by atoms with Gasteiger partial charge < -0.3 is 5.32 Å². The molecule has 0 aliphatic rings. The number of benzene rings is 2. The molecule has 0 saturated carbocycles. The Morgan fingerprint density at radius 2 is 1.44 bits per heavy atom. The van der Waals surface area contributed by atoms with Crippen LogP contribution in [-0.2, 0) is 13.0 Å². The SMILES string of the molecule is CCc1ccccc1CNc1ccccc1. The molecule has 0 atom stereocenters. The number of aryl methyl sites for hydroxylation is 1. The van der Waals surface area contributed by atoms with Gasteiger partial charge in [0.2, 0.25) is 0 Å². The number of para-hydroxylation sites is 1. The maximum Gasteiger partial charge on any atom is 0.0403 e. The van der Waals surface area contributed by atoms with Gasteiger partial charge in [-0.1, -0.05) is 49.4 Å². The van der Waals surface area contributed by atoms with Crippen molar-refractivity contribution in [3.05, 3.63) is 65.7 Å². The van der Waals surface area contributed by atoms with E-state index in [2.05, 4.69) is 48.6 Å². The molecule has 16 heavy (non-hydrogen) atoms. The summed E-state index contributed by atoms with van der Waals surface area (Å²) in [6.07, 6.45) is 1.09. The molecule has 0 fully saturated rings. The van der Waals surface area contributed by atoms with Gasteiger partial charge in [0.15, 0.2) is 0 Å². The minimum Gasteiger partial charge on any atom is -0.381 e. The van der Waals surface area contributed by atoms with E-state index in [0.29, 0.717) is 0 Å². The fourth-order valence-corrected chi connectivity index (χ4v) is 1.83. The van der Waals surface area contributed by atoms with Crippen molar-refractivity contribution >= 4 is 5.69 Å². The second-order valence-electron chi connectivity index (χ2n) is 3.84. The van der Waals surface area contributed by atoms with E-state index in [4.69, 9.17) is 0 Å². The quantitative estimate of drug-likeness (QED) is 0.809. The Morgan fingerprint density at radius 1 is 0.812 bits per heavy atom. The first-order valence-corrected chi connectivity index (χ1v) is 5.76. The molecule has 2 aromatic rings. The third-order valence-electron chi connectivity index (χ3n) is 2.76. The van der Waals surface area contributed by atoms with Gasteiger partial charge in [0.1, 0.15) is 0 Å². The third-order valence-corrected chi connectivity index (χ3v) is 2.76.